The molecule has 1 N–H and O–H groups in total. The summed E-state index contributed by atoms with van der Waals surface area (Å²) < 4.78 is 39.4. The normalized spacial score (nSPS) is 12.2. The molecule has 0 aliphatic rings. The van der Waals surface area contributed by atoms with Crippen molar-refractivity contribution < 1.29 is 22.4 Å². The lowest BCUT2D eigenvalue weighted by molar-refractivity contribution is -0.139. The Balaban J connectivity index is 2.34. The first-order valence-electron chi connectivity index (χ1n) is 10.9. The van der Waals surface area contributed by atoms with Crippen LogP contribution in [0, 0.1) is 5.82 Å². The molecule has 2 aromatic carbocycles. The van der Waals surface area contributed by atoms with Gasteiger partial charge >= 0.3 is 0 Å². The summed E-state index contributed by atoms with van der Waals surface area (Å²) in [7, 11) is -3.77. The number of carbonyl (C=O) groups excluding carboxylic acids is 2. The molecule has 0 aliphatic heterocycles. The average Bonchev–Trinajstić information content (AvgIpc) is 2.79. The highest BCUT2D eigenvalue weighted by atomic mass is 32.2. The van der Waals surface area contributed by atoms with Gasteiger partial charge in [-0.25, -0.2) is 12.8 Å². The molecule has 0 bridgehead atoms. The number of carbonyl (C=O) groups is 2. The number of halogens is 1. The van der Waals surface area contributed by atoms with Crippen LogP contribution in [0.25, 0.3) is 0 Å². The van der Waals surface area contributed by atoms with E-state index in [-0.39, 0.29) is 12.5 Å². The molecule has 2 aromatic rings. The van der Waals surface area contributed by atoms with Gasteiger partial charge in [0.15, 0.2) is 0 Å². The fraction of sp³-hybridized carbons (Fsp3) is 0.417. The van der Waals surface area contributed by atoms with E-state index >= 15 is 0 Å². The number of anilines is 1. The van der Waals surface area contributed by atoms with Crippen molar-refractivity contribution in [2.24, 2.45) is 0 Å². The number of nitrogens with zero attached hydrogens (tertiary/aromatic N) is 2. The molecule has 9 heteroatoms. The lowest BCUT2D eigenvalue weighted by atomic mass is 10.1. The second-order valence-corrected chi connectivity index (χ2v) is 9.81. The Morgan fingerprint density at radius 3 is 2.09 bits per heavy atom. The second kappa shape index (κ2) is 11.8. The van der Waals surface area contributed by atoms with E-state index in [0.717, 1.165) is 29.0 Å². The number of rotatable bonds is 11. The minimum absolute atomic E-state index is 0.0339. The van der Waals surface area contributed by atoms with Gasteiger partial charge in [-0.2, -0.15) is 0 Å². The summed E-state index contributed by atoms with van der Waals surface area (Å²) in [5.74, 6) is -1.29. The Labute approximate surface area is 195 Å². The van der Waals surface area contributed by atoms with E-state index in [1.165, 1.54) is 29.2 Å². The summed E-state index contributed by atoms with van der Waals surface area (Å²) in [5, 5.41) is 2.77. The first-order chi connectivity index (χ1) is 15.6. The molecule has 0 saturated heterocycles. The number of hydrogen-bond acceptors (Lipinski definition) is 4. The smallest absolute Gasteiger partial charge is 0.244 e. The zero-order valence-electron chi connectivity index (χ0n) is 19.5. The molecule has 0 spiro atoms. The maximum absolute atomic E-state index is 13.4. The quantitative estimate of drug-likeness (QED) is 0.539. The van der Waals surface area contributed by atoms with Gasteiger partial charge in [-0.1, -0.05) is 38.1 Å². The van der Waals surface area contributed by atoms with Crippen LogP contribution < -0.4 is 9.62 Å². The second-order valence-electron chi connectivity index (χ2n) is 7.90. The summed E-state index contributed by atoms with van der Waals surface area (Å²) in [6.45, 7) is 5.53. The number of aryl methyl sites for hydroxylation is 1. The fourth-order valence-electron chi connectivity index (χ4n) is 3.28. The lowest BCUT2D eigenvalue weighted by Gasteiger charge is -2.31. The van der Waals surface area contributed by atoms with Gasteiger partial charge in [0.25, 0.3) is 0 Å². The Kier molecular flexibility index (Phi) is 9.40. The standard InChI is InChI=1S/C24H32FN3O4S/c1-5-15-26-24(30)18(3)27(16-20-7-11-21(25)12-8-20)23(29)17-28(33(4,31)32)22-13-9-19(6-2)10-14-22/h7-14,18H,5-6,15-17H2,1-4H3,(H,26,30). The van der Waals surface area contributed by atoms with Gasteiger partial charge < -0.3 is 10.2 Å². The Morgan fingerprint density at radius 1 is 1.00 bits per heavy atom. The molecule has 0 aromatic heterocycles. The van der Waals surface area contributed by atoms with E-state index in [0.29, 0.717) is 17.8 Å². The monoisotopic (exact) mass is 477 g/mol. The van der Waals surface area contributed by atoms with Gasteiger partial charge in [-0.05, 0) is 55.2 Å². The molecule has 2 amide bonds. The fourth-order valence-corrected chi connectivity index (χ4v) is 4.13. The molecule has 0 fully saturated rings. The predicted octanol–water partition coefficient (Wildman–Crippen LogP) is 3.10. The molecule has 0 saturated carbocycles. The van der Waals surface area contributed by atoms with Crippen molar-refractivity contribution in [1.29, 1.82) is 0 Å². The van der Waals surface area contributed by atoms with Crippen LogP contribution in [-0.4, -0.2) is 50.5 Å². The highest BCUT2D eigenvalue weighted by molar-refractivity contribution is 7.92. The van der Waals surface area contributed by atoms with Gasteiger partial charge in [0.2, 0.25) is 21.8 Å². The van der Waals surface area contributed by atoms with E-state index in [2.05, 4.69) is 5.32 Å². The first-order valence-corrected chi connectivity index (χ1v) is 12.8. The van der Waals surface area contributed by atoms with E-state index in [1.807, 2.05) is 26.0 Å². The molecule has 0 radical (unpaired) electrons. The lowest BCUT2D eigenvalue weighted by Crippen LogP contribution is -2.51. The number of nitrogens with one attached hydrogen (secondary N) is 1. The van der Waals surface area contributed by atoms with E-state index in [4.69, 9.17) is 0 Å². The number of hydrogen-bond donors (Lipinski definition) is 1. The van der Waals surface area contributed by atoms with Crippen molar-refractivity contribution in [2.75, 3.05) is 23.7 Å². The minimum Gasteiger partial charge on any atom is -0.354 e. The summed E-state index contributed by atoms with van der Waals surface area (Å²) in [4.78, 5) is 27.3. The topological polar surface area (TPSA) is 86.8 Å². The summed E-state index contributed by atoms with van der Waals surface area (Å²) in [6.07, 6.45) is 2.57. The molecule has 1 atom stereocenters. The predicted molar refractivity (Wildman–Crippen MR) is 128 cm³/mol. The maximum atomic E-state index is 13.4. The van der Waals surface area contributed by atoms with Gasteiger partial charge in [0.1, 0.15) is 18.4 Å². The highest BCUT2D eigenvalue weighted by Crippen LogP contribution is 2.20. The SMILES string of the molecule is CCCNC(=O)C(C)N(Cc1ccc(F)cc1)C(=O)CN(c1ccc(CC)cc1)S(C)(=O)=O. The largest absolute Gasteiger partial charge is 0.354 e. The van der Waals surface area contributed by atoms with Gasteiger partial charge in [-0.3, -0.25) is 13.9 Å². The van der Waals surface area contributed by atoms with Gasteiger partial charge in [0, 0.05) is 13.1 Å². The molecule has 7 nitrogen and oxygen atoms in total. The van der Waals surface area contributed by atoms with Crippen molar-refractivity contribution in [3.63, 3.8) is 0 Å². The van der Waals surface area contributed by atoms with Gasteiger partial charge in [-0.15, -0.1) is 0 Å². The van der Waals surface area contributed by atoms with E-state index < -0.39 is 34.3 Å². The zero-order chi connectivity index (χ0) is 24.6. The molecular weight excluding hydrogens is 445 g/mol. The van der Waals surface area contributed by atoms with Crippen LogP contribution in [-0.2, 0) is 32.6 Å². The summed E-state index contributed by atoms with van der Waals surface area (Å²) in [6, 6.07) is 11.7. The van der Waals surface area contributed by atoms with Crippen LogP contribution >= 0.6 is 0 Å². The number of amides is 2. The van der Waals surface area contributed by atoms with Crippen molar-refractivity contribution in [2.45, 2.75) is 46.2 Å². The Hall–Kier alpha value is -2.94. The van der Waals surface area contributed by atoms with Crippen LogP contribution in [0.2, 0.25) is 0 Å². The Bertz CT molecular complexity index is 1040. The van der Waals surface area contributed by atoms with Crippen LogP contribution in [0.4, 0.5) is 10.1 Å². The molecular formula is C24H32FN3O4S. The first kappa shape index (κ1) is 26.3. The van der Waals surface area contributed by atoms with Crippen molar-refractivity contribution >= 4 is 27.5 Å². The molecule has 0 aliphatic carbocycles. The van der Waals surface area contributed by atoms with Crippen molar-refractivity contribution in [1.82, 2.24) is 10.2 Å². The molecule has 0 heterocycles. The number of benzene rings is 2. The third kappa shape index (κ3) is 7.56. The Morgan fingerprint density at radius 2 is 1.58 bits per heavy atom. The van der Waals surface area contributed by atoms with Crippen LogP contribution in [0.3, 0.4) is 0 Å². The van der Waals surface area contributed by atoms with E-state index in [9.17, 15) is 22.4 Å². The van der Waals surface area contributed by atoms with Crippen LogP contribution in [0.15, 0.2) is 48.5 Å². The zero-order valence-corrected chi connectivity index (χ0v) is 20.4. The van der Waals surface area contributed by atoms with Crippen molar-refractivity contribution in [3.8, 4) is 0 Å². The van der Waals surface area contributed by atoms with Crippen LogP contribution in [0.1, 0.15) is 38.3 Å². The average molecular weight is 478 g/mol. The van der Waals surface area contributed by atoms with Gasteiger partial charge in [0.05, 0.1) is 11.9 Å². The van der Waals surface area contributed by atoms with E-state index in [1.54, 1.807) is 19.1 Å². The third-order valence-electron chi connectivity index (χ3n) is 5.29. The molecule has 1 unspecified atom stereocenters. The molecule has 180 valence electrons. The molecule has 2 rings (SSSR count). The highest BCUT2D eigenvalue weighted by Gasteiger charge is 2.30. The summed E-state index contributed by atoms with van der Waals surface area (Å²) in [5.41, 5.74) is 2.03. The minimum atomic E-state index is -3.77. The number of sulfonamides is 1. The maximum Gasteiger partial charge on any atom is 0.244 e. The van der Waals surface area contributed by atoms with Crippen molar-refractivity contribution in [3.05, 3.63) is 65.5 Å². The third-order valence-corrected chi connectivity index (χ3v) is 6.44. The van der Waals surface area contributed by atoms with Crippen LogP contribution in [0.5, 0.6) is 0 Å². The molecule has 33 heavy (non-hydrogen) atoms. The summed E-state index contributed by atoms with van der Waals surface area (Å²) >= 11 is 0.